The molecule has 1 aromatic heterocycles. The highest BCUT2D eigenvalue weighted by molar-refractivity contribution is 7.91. The zero-order valence-corrected chi connectivity index (χ0v) is 11.3. The topological polar surface area (TPSA) is 67.6 Å². The highest BCUT2D eigenvalue weighted by Crippen LogP contribution is 2.20. The molecule has 0 spiro atoms. The summed E-state index contributed by atoms with van der Waals surface area (Å²) in [6.45, 7) is 0.263. The minimum Gasteiger partial charge on any atom is -0.467 e. The summed E-state index contributed by atoms with van der Waals surface area (Å²) < 4.78 is 28.1. The third-order valence-corrected chi connectivity index (χ3v) is 4.97. The summed E-state index contributed by atoms with van der Waals surface area (Å²) in [7, 11) is -3.03. The lowest BCUT2D eigenvalue weighted by molar-refractivity contribution is -0.131. The van der Waals surface area contributed by atoms with Gasteiger partial charge in [-0.25, -0.2) is 8.42 Å². The molecular weight excluding hydrogens is 278 g/mol. The Kier molecular flexibility index (Phi) is 3.97. The highest BCUT2D eigenvalue weighted by atomic mass is 35.5. The molecule has 1 saturated heterocycles. The van der Waals surface area contributed by atoms with Gasteiger partial charge in [-0.3, -0.25) is 4.79 Å². The number of carbonyl (C=O) groups is 1. The monoisotopic (exact) mass is 291 g/mol. The van der Waals surface area contributed by atoms with Crippen molar-refractivity contribution in [1.29, 1.82) is 0 Å². The third-order valence-electron chi connectivity index (χ3n) is 2.99. The van der Waals surface area contributed by atoms with Crippen molar-refractivity contribution in [2.45, 2.75) is 19.0 Å². The number of furan rings is 1. The number of hydrogen-bond donors (Lipinski definition) is 0. The number of sulfone groups is 1. The molecule has 100 valence electrons. The van der Waals surface area contributed by atoms with E-state index in [9.17, 15) is 13.2 Å². The summed E-state index contributed by atoms with van der Waals surface area (Å²) >= 11 is 5.57. The van der Waals surface area contributed by atoms with Gasteiger partial charge in [0.2, 0.25) is 5.91 Å². The van der Waals surface area contributed by atoms with Gasteiger partial charge in [-0.05, 0) is 18.6 Å². The van der Waals surface area contributed by atoms with Gasteiger partial charge in [0.05, 0.1) is 24.3 Å². The van der Waals surface area contributed by atoms with Gasteiger partial charge < -0.3 is 9.32 Å². The minimum atomic E-state index is -3.03. The summed E-state index contributed by atoms with van der Waals surface area (Å²) in [5.41, 5.74) is 0. The smallest absolute Gasteiger partial charge is 0.238 e. The molecule has 5 nitrogen and oxygen atoms in total. The standard InChI is InChI=1S/C11H14ClNO4S/c12-6-11(14)13(7-10-2-1-4-17-10)9-3-5-18(15,16)8-9/h1-2,4,9H,3,5-8H2/t9-/m0/s1. The van der Waals surface area contributed by atoms with E-state index in [4.69, 9.17) is 16.0 Å². The van der Waals surface area contributed by atoms with Crippen LogP contribution in [0.1, 0.15) is 12.2 Å². The van der Waals surface area contributed by atoms with Crippen LogP contribution >= 0.6 is 11.6 Å². The van der Waals surface area contributed by atoms with E-state index in [0.29, 0.717) is 12.2 Å². The summed E-state index contributed by atoms with van der Waals surface area (Å²) in [6, 6.07) is 3.17. The zero-order chi connectivity index (χ0) is 13.2. The molecule has 1 aliphatic heterocycles. The maximum Gasteiger partial charge on any atom is 0.238 e. The summed E-state index contributed by atoms with van der Waals surface area (Å²) in [5.74, 6) is 0.336. The fraction of sp³-hybridized carbons (Fsp3) is 0.545. The van der Waals surface area contributed by atoms with Gasteiger partial charge in [-0.2, -0.15) is 0 Å². The van der Waals surface area contributed by atoms with Crippen LogP contribution in [-0.2, 0) is 21.2 Å². The maximum atomic E-state index is 11.8. The molecule has 0 unspecified atom stereocenters. The van der Waals surface area contributed by atoms with Crippen molar-refractivity contribution in [1.82, 2.24) is 4.90 Å². The molecule has 2 heterocycles. The number of halogens is 1. The first kappa shape index (κ1) is 13.4. The van der Waals surface area contributed by atoms with Crippen molar-refractivity contribution >= 4 is 27.3 Å². The van der Waals surface area contributed by atoms with Gasteiger partial charge in [0.1, 0.15) is 11.6 Å². The highest BCUT2D eigenvalue weighted by Gasteiger charge is 2.34. The first-order valence-corrected chi connectivity index (χ1v) is 7.95. The minimum absolute atomic E-state index is 0.0103. The number of amides is 1. The summed E-state index contributed by atoms with van der Waals surface area (Å²) in [4.78, 5) is 13.3. The lowest BCUT2D eigenvalue weighted by Crippen LogP contribution is -2.41. The first-order chi connectivity index (χ1) is 8.52. The van der Waals surface area contributed by atoms with Gasteiger partial charge >= 0.3 is 0 Å². The van der Waals surface area contributed by atoms with Crippen molar-refractivity contribution in [2.24, 2.45) is 0 Å². The van der Waals surface area contributed by atoms with Crippen LogP contribution in [0.4, 0.5) is 0 Å². The van der Waals surface area contributed by atoms with Crippen LogP contribution in [-0.4, -0.2) is 42.7 Å². The fourth-order valence-corrected chi connectivity index (χ4v) is 3.97. The number of hydrogen-bond acceptors (Lipinski definition) is 4. The van der Waals surface area contributed by atoms with Gasteiger partial charge in [0, 0.05) is 6.04 Å². The Morgan fingerprint density at radius 1 is 1.56 bits per heavy atom. The number of rotatable bonds is 4. The van der Waals surface area contributed by atoms with Crippen molar-refractivity contribution < 1.29 is 17.6 Å². The average molecular weight is 292 g/mol. The Morgan fingerprint density at radius 2 is 2.33 bits per heavy atom. The Morgan fingerprint density at radius 3 is 2.83 bits per heavy atom. The second kappa shape index (κ2) is 5.32. The normalized spacial score (nSPS) is 21.9. The van der Waals surface area contributed by atoms with Gasteiger partial charge in [0.15, 0.2) is 9.84 Å². The molecule has 1 aromatic rings. The van der Waals surface area contributed by atoms with Gasteiger partial charge in [-0.1, -0.05) is 0 Å². The molecule has 1 amide bonds. The second-order valence-electron chi connectivity index (χ2n) is 4.29. The Balaban J connectivity index is 2.13. The summed E-state index contributed by atoms with van der Waals surface area (Å²) in [5, 5.41) is 0. The maximum absolute atomic E-state index is 11.8. The molecule has 0 N–H and O–H groups in total. The summed E-state index contributed by atoms with van der Waals surface area (Å²) in [6.07, 6.45) is 1.98. The molecule has 0 bridgehead atoms. The predicted octanol–water partition coefficient (Wildman–Crippen LogP) is 1.03. The molecular formula is C11H14ClNO4S. The average Bonchev–Trinajstić information content (AvgIpc) is 2.94. The van der Waals surface area contributed by atoms with E-state index < -0.39 is 9.84 Å². The largest absolute Gasteiger partial charge is 0.467 e. The van der Waals surface area contributed by atoms with E-state index in [1.807, 2.05) is 0 Å². The van der Waals surface area contributed by atoms with E-state index in [2.05, 4.69) is 0 Å². The molecule has 2 rings (SSSR count). The van der Waals surface area contributed by atoms with Crippen LogP contribution in [0.3, 0.4) is 0 Å². The van der Waals surface area contributed by atoms with E-state index in [1.54, 1.807) is 12.1 Å². The van der Waals surface area contributed by atoms with Crippen LogP contribution in [0.15, 0.2) is 22.8 Å². The number of carbonyl (C=O) groups excluding carboxylic acids is 1. The molecule has 18 heavy (non-hydrogen) atoms. The molecule has 1 fully saturated rings. The lowest BCUT2D eigenvalue weighted by Gasteiger charge is -2.26. The van der Waals surface area contributed by atoms with Crippen molar-refractivity contribution in [3.05, 3.63) is 24.2 Å². The van der Waals surface area contributed by atoms with Crippen molar-refractivity contribution in [2.75, 3.05) is 17.4 Å². The van der Waals surface area contributed by atoms with Crippen LogP contribution < -0.4 is 0 Å². The van der Waals surface area contributed by atoms with Gasteiger partial charge in [-0.15, -0.1) is 11.6 Å². The molecule has 1 atom stereocenters. The zero-order valence-electron chi connectivity index (χ0n) is 9.71. The SMILES string of the molecule is O=C(CCl)N(Cc1ccco1)[C@H]1CCS(=O)(=O)C1. The fourth-order valence-electron chi connectivity index (χ4n) is 2.09. The van der Waals surface area contributed by atoms with E-state index in [0.717, 1.165) is 0 Å². The number of nitrogens with zero attached hydrogens (tertiary/aromatic N) is 1. The Labute approximate surface area is 111 Å². The van der Waals surface area contributed by atoms with Crippen LogP contribution in [0, 0.1) is 0 Å². The molecule has 7 heteroatoms. The second-order valence-corrected chi connectivity index (χ2v) is 6.79. The molecule has 1 aliphatic rings. The van der Waals surface area contributed by atoms with E-state index in [1.165, 1.54) is 11.2 Å². The molecule has 0 aliphatic carbocycles. The lowest BCUT2D eigenvalue weighted by atomic mass is 10.2. The molecule has 0 saturated carbocycles. The predicted molar refractivity (Wildman–Crippen MR) is 67.0 cm³/mol. The molecule has 0 radical (unpaired) electrons. The van der Waals surface area contributed by atoms with Crippen LogP contribution in [0.5, 0.6) is 0 Å². The molecule has 0 aromatic carbocycles. The Bertz CT molecular complexity index is 511. The van der Waals surface area contributed by atoms with Gasteiger partial charge in [0.25, 0.3) is 0 Å². The van der Waals surface area contributed by atoms with Crippen LogP contribution in [0.2, 0.25) is 0 Å². The van der Waals surface area contributed by atoms with E-state index >= 15 is 0 Å². The van der Waals surface area contributed by atoms with Crippen LogP contribution in [0.25, 0.3) is 0 Å². The first-order valence-electron chi connectivity index (χ1n) is 5.60. The number of alkyl halides is 1. The van der Waals surface area contributed by atoms with Crippen molar-refractivity contribution in [3.63, 3.8) is 0 Å². The Hall–Kier alpha value is -1.01. The third kappa shape index (κ3) is 3.05. The van der Waals surface area contributed by atoms with Crippen molar-refractivity contribution in [3.8, 4) is 0 Å². The van der Waals surface area contributed by atoms with E-state index in [-0.39, 0.29) is 35.9 Å². The quantitative estimate of drug-likeness (QED) is 0.777.